The Morgan fingerprint density at radius 3 is 2.79 bits per heavy atom. The van der Waals surface area contributed by atoms with Crippen LogP contribution in [0.25, 0.3) is 21.8 Å². The van der Waals surface area contributed by atoms with Crippen molar-refractivity contribution < 1.29 is 14.2 Å². The molecule has 4 aromatic rings. The number of nitrogens with zero attached hydrogens (tertiary/aromatic N) is 2. The molecule has 6 nitrogen and oxygen atoms in total. The van der Waals surface area contributed by atoms with Crippen molar-refractivity contribution in [2.75, 3.05) is 31.9 Å². The van der Waals surface area contributed by atoms with Crippen LogP contribution in [-0.4, -0.2) is 36.5 Å². The number of ether oxygens (including phenoxy) is 3. The number of methoxy groups -OCH3 is 1. The lowest BCUT2D eigenvalue weighted by molar-refractivity contribution is 0.174. The fourth-order valence-electron chi connectivity index (χ4n) is 5.39. The van der Waals surface area contributed by atoms with Gasteiger partial charge in [0.05, 0.1) is 18.3 Å². The highest BCUT2D eigenvalue weighted by Crippen LogP contribution is 2.47. The second-order valence-electron chi connectivity index (χ2n) is 9.13. The van der Waals surface area contributed by atoms with Gasteiger partial charge in [0.1, 0.15) is 5.75 Å². The molecule has 0 aliphatic carbocycles. The van der Waals surface area contributed by atoms with Crippen LogP contribution in [-0.2, 0) is 13.0 Å². The van der Waals surface area contributed by atoms with Gasteiger partial charge in [0.2, 0.25) is 6.79 Å². The molecule has 172 valence electrons. The molecule has 4 heterocycles. The minimum absolute atomic E-state index is 0.318. The van der Waals surface area contributed by atoms with Gasteiger partial charge in [0.25, 0.3) is 0 Å². The van der Waals surface area contributed by atoms with E-state index in [9.17, 15) is 0 Å². The van der Waals surface area contributed by atoms with Gasteiger partial charge in [-0.15, -0.1) is 0 Å². The van der Waals surface area contributed by atoms with Gasteiger partial charge in [-0.05, 0) is 68.4 Å². The quantitative estimate of drug-likeness (QED) is 0.361. The topological polar surface area (TPSA) is 51.7 Å². The number of anilines is 1. The highest BCUT2D eigenvalue weighted by atomic mass is 16.7. The Morgan fingerprint density at radius 1 is 1.00 bits per heavy atom. The zero-order valence-electron chi connectivity index (χ0n) is 19.2. The normalized spacial score (nSPS) is 15.6. The molecule has 2 aromatic heterocycles. The Bertz CT molecular complexity index is 1280. The van der Waals surface area contributed by atoms with E-state index in [0.717, 1.165) is 56.1 Å². The third-order valence-corrected chi connectivity index (χ3v) is 7.13. The van der Waals surface area contributed by atoms with Gasteiger partial charge >= 0.3 is 0 Å². The predicted octanol–water partition coefficient (Wildman–Crippen LogP) is 5.87. The van der Waals surface area contributed by atoms with Crippen LogP contribution in [0.5, 0.6) is 17.2 Å². The smallest absolute Gasteiger partial charge is 0.231 e. The number of aryl methyl sites for hydroxylation is 2. The molecule has 1 N–H and O–H groups in total. The van der Waals surface area contributed by atoms with Crippen LogP contribution in [0.4, 0.5) is 5.69 Å². The first-order valence-electron chi connectivity index (χ1n) is 12.1. The molecule has 33 heavy (non-hydrogen) atoms. The van der Waals surface area contributed by atoms with Crippen molar-refractivity contribution in [1.29, 1.82) is 0 Å². The lowest BCUT2D eigenvalue weighted by atomic mass is 10.1. The van der Waals surface area contributed by atoms with Crippen molar-refractivity contribution in [1.82, 2.24) is 9.55 Å². The van der Waals surface area contributed by atoms with Crippen molar-refractivity contribution in [3.63, 3.8) is 0 Å². The largest absolute Gasteiger partial charge is 0.497 e. The highest BCUT2D eigenvalue weighted by Gasteiger charge is 2.27. The summed E-state index contributed by atoms with van der Waals surface area (Å²) in [5.74, 6) is 2.72. The second kappa shape index (κ2) is 8.58. The summed E-state index contributed by atoms with van der Waals surface area (Å²) in [7, 11) is 1.72. The fourth-order valence-corrected chi connectivity index (χ4v) is 5.39. The molecule has 6 rings (SSSR count). The minimum atomic E-state index is 0.318. The summed E-state index contributed by atoms with van der Waals surface area (Å²) in [6.45, 7) is 3.50. The number of rotatable bonds is 7. The fraction of sp³-hybridized carbons (Fsp3) is 0.407. The second-order valence-corrected chi connectivity index (χ2v) is 9.13. The number of nitrogens with one attached hydrogen (secondary N) is 1. The van der Waals surface area contributed by atoms with E-state index in [1.807, 2.05) is 6.07 Å². The van der Waals surface area contributed by atoms with Crippen LogP contribution in [0.15, 0.2) is 42.7 Å². The molecule has 2 aliphatic heterocycles. The first kappa shape index (κ1) is 20.3. The molecule has 2 aromatic carbocycles. The van der Waals surface area contributed by atoms with Crippen molar-refractivity contribution in [3.05, 3.63) is 48.3 Å². The summed E-state index contributed by atoms with van der Waals surface area (Å²) in [4.78, 5) is 5.88. The third kappa shape index (κ3) is 3.67. The Morgan fingerprint density at radius 2 is 1.91 bits per heavy atom. The number of benzene rings is 2. The van der Waals surface area contributed by atoms with Crippen LogP contribution in [0, 0.1) is 0 Å². The Labute approximate surface area is 194 Å². The van der Waals surface area contributed by atoms with Crippen LogP contribution >= 0.6 is 0 Å². The number of piperidine rings is 1. The van der Waals surface area contributed by atoms with Crippen LogP contribution in [0.1, 0.15) is 37.7 Å². The van der Waals surface area contributed by atoms with Crippen LogP contribution in [0.2, 0.25) is 0 Å². The number of aromatic amines is 1. The number of hydrogen-bond acceptors (Lipinski definition) is 4. The summed E-state index contributed by atoms with van der Waals surface area (Å²) in [5, 5.41) is 2.55. The minimum Gasteiger partial charge on any atom is -0.497 e. The Kier molecular flexibility index (Phi) is 5.29. The maximum absolute atomic E-state index is 5.91. The summed E-state index contributed by atoms with van der Waals surface area (Å²) < 4.78 is 19.5. The summed E-state index contributed by atoms with van der Waals surface area (Å²) in [6.07, 6.45) is 11.5. The molecule has 0 radical (unpaired) electrons. The molecule has 6 heteroatoms. The van der Waals surface area contributed by atoms with Crippen LogP contribution in [0.3, 0.4) is 0 Å². The van der Waals surface area contributed by atoms with Gasteiger partial charge in [-0.25, -0.2) is 0 Å². The summed E-state index contributed by atoms with van der Waals surface area (Å²) >= 11 is 0. The SMILES string of the molecule is COc1ccc2[nH]cc(CCCCn3ccc4c(N5CCCCC5)c5c(cc43)OCO5)c2c1. The van der Waals surface area contributed by atoms with Crippen molar-refractivity contribution >= 4 is 27.5 Å². The van der Waals surface area contributed by atoms with Crippen LogP contribution < -0.4 is 19.1 Å². The van der Waals surface area contributed by atoms with E-state index in [1.54, 1.807) is 7.11 Å². The molecule has 0 bridgehead atoms. The van der Waals surface area contributed by atoms with Gasteiger partial charge < -0.3 is 28.7 Å². The van der Waals surface area contributed by atoms with Crippen molar-refractivity contribution in [2.45, 2.75) is 45.1 Å². The molecule has 0 atom stereocenters. The average molecular weight is 446 g/mol. The van der Waals surface area contributed by atoms with Gasteiger partial charge in [0, 0.05) is 54.4 Å². The number of fused-ring (bicyclic) bond motifs is 3. The predicted molar refractivity (Wildman–Crippen MR) is 132 cm³/mol. The van der Waals surface area contributed by atoms with E-state index in [4.69, 9.17) is 14.2 Å². The third-order valence-electron chi connectivity index (χ3n) is 7.13. The maximum Gasteiger partial charge on any atom is 0.231 e. The Hall–Kier alpha value is -3.28. The van der Waals surface area contributed by atoms with E-state index in [-0.39, 0.29) is 0 Å². The lowest BCUT2D eigenvalue weighted by Crippen LogP contribution is -2.29. The standard InChI is InChI=1S/C27H31N3O3/c1-31-20-8-9-23-22(15-20)19(17-28-23)7-3-6-11-29-14-10-21-24(29)16-25-27(33-18-32-25)26(21)30-12-4-2-5-13-30/h8-10,14-17,28H,2-7,11-13,18H2,1H3. The highest BCUT2D eigenvalue weighted by molar-refractivity contribution is 5.99. The first-order chi connectivity index (χ1) is 16.3. The summed E-state index contributed by atoms with van der Waals surface area (Å²) in [5.41, 5.74) is 5.00. The van der Waals surface area contributed by atoms with E-state index < -0.39 is 0 Å². The van der Waals surface area contributed by atoms with E-state index in [1.165, 1.54) is 52.3 Å². The number of hydrogen-bond donors (Lipinski definition) is 1. The maximum atomic E-state index is 5.91. The first-order valence-corrected chi connectivity index (χ1v) is 12.1. The van der Waals surface area contributed by atoms with E-state index in [2.05, 4.69) is 51.1 Å². The summed E-state index contributed by atoms with van der Waals surface area (Å²) in [6, 6.07) is 10.6. The molecular weight excluding hydrogens is 414 g/mol. The molecule has 0 amide bonds. The number of aromatic nitrogens is 2. The van der Waals surface area contributed by atoms with Crippen molar-refractivity contribution in [2.24, 2.45) is 0 Å². The molecule has 1 fully saturated rings. The molecule has 0 unspecified atom stereocenters. The van der Waals surface area contributed by atoms with E-state index >= 15 is 0 Å². The average Bonchev–Trinajstić information content (AvgIpc) is 3.59. The zero-order valence-corrected chi connectivity index (χ0v) is 19.2. The monoisotopic (exact) mass is 445 g/mol. The molecule has 0 spiro atoms. The molecular formula is C27H31N3O3. The number of H-pyrrole nitrogens is 1. The van der Waals surface area contributed by atoms with Gasteiger partial charge in [0.15, 0.2) is 11.5 Å². The van der Waals surface area contributed by atoms with Crippen molar-refractivity contribution in [3.8, 4) is 17.2 Å². The molecule has 1 saturated heterocycles. The van der Waals surface area contributed by atoms with Gasteiger partial charge in [-0.2, -0.15) is 0 Å². The zero-order chi connectivity index (χ0) is 22.2. The lowest BCUT2D eigenvalue weighted by Gasteiger charge is -2.30. The van der Waals surface area contributed by atoms with E-state index in [0.29, 0.717) is 6.79 Å². The Balaban J connectivity index is 1.20. The van der Waals surface area contributed by atoms with Gasteiger partial charge in [-0.1, -0.05) is 0 Å². The number of unbranched alkanes of at least 4 members (excludes halogenated alkanes) is 1. The molecule has 2 aliphatic rings. The molecule has 0 saturated carbocycles. The van der Waals surface area contributed by atoms with Gasteiger partial charge in [-0.3, -0.25) is 0 Å².